The summed E-state index contributed by atoms with van der Waals surface area (Å²) in [6.07, 6.45) is 2.49. The van der Waals surface area contributed by atoms with Gasteiger partial charge in [0.15, 0.2) is 5.78 Å². The van der Waals surface area contributed by atoms with Crippen LogP contribution in [0.25, 0.3) is 16.3 Å². The zero-order valence-electron chi connectivity index (χ0n) is 10.1. The van der Waals surface area contributed by atoms with Crippen LogP contribution in [0.4, 0.5) is 0 Å². The third-order valence-corrected chi connectivity index (χ3v) is 3.23. The van der Waals surface area contributed by atoms with Gasteiger partial charge in [0.05, 0.1) is 11.3 Å². The lowest BCUT2D eigenvalue weighted by Gasteiger charge is -2.13. The molecule has 2 aromatic rings. The van der Waals surface area contributed by atoms with Gasteiger partial charge in [0.25, 0.3) is 0 Å². The maximum Gasteiger partial charge on any atom is 0.202 e. The molecule has 0 radical (unpaired) electrons. The van der Waals surface area contributed by atoms with Crippen molar-refractivity contribution in [1.29, 1.82) is 0 Å². The SMILES string of the molecule is NC1=C(c2cccc3ccccc23)C(=O)C=CC1=O. The predicted octanol–water partition coefficient (Wildman–Crippen LogP) is 2.22. The topological polar surface area (TPSA) is 60.2 Å². The van der Waals surface area contributed by atoms with Crippen molar-refractivity contribution < 1.29 is 9.59 Å². The smallest absolute Gasteiger partial charge is 0.202 e. The lowest BCUT2D eigenvalue weighted by molar-refractivity contribution is -0.114. The average Bonchev–Trinajstić information content (AvgIpc) is 2.44. The summed E-state index contributed by atoms with van der Waals surface area (Å²) in [5.41, 5.74) is 6.81. The predicted molar refractivity (Wildman–Crippen MR) is 74.2 cm³/mol. The van der Waals surface area contributed by atoms with Gasteiger partial charge in [-0.05, 0) is 28.5 Å². The van der Waals surface area contributed by atoms with Crippen LogP contribution in [0.3, 0.4) is 0 Å². The van der Waals surface area contributed by atoms with Gasteiger partial charge in [-0.15, -0.1) is 0 Å². The van der Waals surface area contributed by atoms with Crippen LogP contribution in [0.1, 0.15) is 5.56 Å². The molecule has 0 bridgehead atoms. The number of carbonyl (C=O) groups excluding carboxylic acids is 2. The first-order chi connectivity index (χ1) is 9.18. The van der Waals surface area contributed by atoms with Gasteiger partial charge < -0.3 is 5.73 Å². The Bertz CT molecular complexity index is 764. The van der Waals surface area contributed by atoms with Crippen molar-refractivity contribution >= 4 is 27.9 Å². The maximum atomic E-state index is 12.0. The Hall–Kier alpha value is -2.68. The third kappa shape index (κ3) is 1.76. The second-order valence-electron chi connectivity index (χ2n) is 4.38. The van der Waals surface area contributed by atoms with Gasteiger partial charge in [0, 0.05) is 0 Å². The van der Waals surface area contributed by atoms with Crippen LogP contribution < -0.4 is 5.73 Å². The lowest BCUT2D eigenvalue weighted by Crippen LogP contribution is -2.19. The van der Waals surface area contributed by atoms with Crippen LogP contribution in [-0.2, 0) is 9.59 Å². The minimum absolute atomic E-state index is 0.0175. The van der Waals surface area contributed by atoms with Gasteiger partial charge in [-0.1, -0.05) is 42.5 Å². The summed E-state index contributed by atoms with van der Waals surface area (Å²) in [7, 11) is 0. The number of nitrogens with two attached hydrogens (primary N) is 1. The highest BCUT2D eigenvalue weighted by atomic mass is 16.1. The normalized spacial score (nSPS) is 15.4. The number of carbonyl (C=O) groups is 2. The Morgan fingerprint density at radius 1 is 0.789 bits per heavy atom. The Balaban J connectivity index is 2.33. The van der Waals surface area contributed by atoms with Crippen LogP contribution in [0.5, 0.6) is 0 Å². The standard InChI is InChI=1S/C16H11NO2/c17-16-14(19)9-8-13(18)15(16)12-7-3-5-10-4-1-2-6-11(10)12/h1-9H,17H2. The van der Waals surface area contributed by atoms with Gasteiger partial charge in [-0.25, -0.2) is 0 Å². The van der Waals surface area contributed by atoms with Crippen molar-refractivity contribution in [3.8, 4) is 0 Å². The van der Waals surface area contributed by atoms with E-state index >= 15 is 0 Å². The van der Waals surface area contributed by atoms with Crippen molar-refractivity contribution in [2.75, 3.05) is 0 Å². The Morgan fingerprint density at radius 3 is 2.32 bits per heavy atom. The summed E-state index contributed by atoms with van der Waals surface area (Å²) in [6.45, 7) is 0. The molecule has 0 heterocycles. The molecular weight excluding hydrogens is 238 g/mol. The molecule has 2 aromatic carbocycles. The van der Waals surface area contributed by atoms with Crippen molar-refractivity contribution in [1.82, 2.24) is 0 Å². The molecule has 0 spiro atoms. The molecule has 0 unspecified atom stereocenters. The molecule has 0 amide bonds. The van der Waals surface area contributed by atoms with E-state index in [1.807, 2.05) is 42.5 Å². The van der Waals surface area contributed by atoms with Gasteiger partial charge >= 0.3 is 0 Å². The number of fused-ring (bicyclic) bond motifs is 1. The summed E-state index contributed by atoms with van der Waals surface area (Å²) in [5.74, 6) is -0.545. The van der Waals surface area contributed by atoms with E-state index in [9.17, 15) is 9.59 Å². The molecule has 0 aromatic heterocycles. The Morgan fingerprint density at radius 2 is 1.47 bits per heavy atom. The molecule has 0 saturated heterocycles. The average molecular weight is 249 g/mol. The molecule has 19 heavy (non-hydrogen) atoms. The second kappa shape index (κ2) is 4.21. The fourth-order valence-electron chi connectivity index (χ4n) is 2.30. The first-order valence-corrected chi connectivity index (χ1v) is 5.93. The summed E-state index contributed by atoms with van der Waals surface area (Å²) in [6, 6.07) is 13.3. The van der Waals surface area contributed by atoms with E-state index in [-0.39, 0.29) is 17.3 Å². The van der Waals surface area contributed by atoms with Crippen molar-refractivity contribution in [3.05, 3.63) is 65.9 Å². The Kier molecular flexibility index (Phi) is 2.53. The monoisotopic (exact) mass is 249 g/mol. The molecule has 0 saturated carbocycles. The van der Waals surface area contributed by atoms with E-state index in [1.54, 1.807) is 0 Å². The van der Waals surface area contributed by atoms with Crippen LogP contribution in [0.15, 0.2) is 60.3 Å². The van der Waals surface area contributed by atoms with Crippen LogP contribution in [-0.4, -0.2) is 11.6 Å². The summed E-state index contributed by atoms with van der Waals surface area (Å²) < 4.78 is 0. The quantitative estimate of drug-likeness (QED) is 0.788. The summed E-state index contributed by atoms with van der Waals surface area (Å²) >= 11 is 0. The molecule has 2 N–H and O–H groups in total. The molecule has 1 aliphatic rings. The number of benzene rings is 2. The summed E-state index contributed by atoms with van der Waals surface area (Å²) in [4.78, 5) is 23.7. The molecule has 0 atom stereocenters. The zero-order chi connectivity index (χ0) is 13.4. The van der Waals surface area contributed by atoms with Gasteiger partial charge in [-0.3, -0.25) is 9.59 Å². The number of hydrogen-bond donors (Lipinski definition) is 1. The van der Waals surface area contributed by atoms with E-state index in [4.69, 9.17) is 5.73 Å². The van der Waals surface area contributed by atoms with Crippen LogP contribution in [0, 0.1) is 0 Å². The first kappa shape index (κ1) is 11.4. The highest BCUT2D eigenvalue weighted by molar-refractivity contribution is 6.37. The summed E-state index contributed by atoms with van der Waals surface area (Å²) in [5, 5.41) is 1.93. The number of allylic oxidation sites excluding steroid dienone is 3. The molecule has 1 aliphatic carbocycles. The molecule has 92 valence electrons. The molecule has 3 heteroatoms. The van der Waals surface area contributed by atoms with Crippen molar-refractivity contribution in [2.24, 2.45) is 5.73 Å². The second-order valence-corrected chi connectivity index (χ2v) is 4.38. The number of ketones is 2. The molecular formula is C16H11NO2. The fourth-order valence-corrected chi connectivity index (χ4v) is 2.30. The molecule has 0 fully saturated rings. The number of rotatable bonds is 1. The Labute approximate surface area is 110 Å². The van der Waals surface area contributed by atoms with Crippen LogP contribution >= 0.6 is 0 Å². The molecule has 3 nitrogen and oxygen atoms in total. The van der Waals surface area contributed by atoms with E-state index in [1.165, 1.54) is 12.2 Å². The maximum absolute atomic E-state index is 12.0. The lowest BCUT2D eigenvalue weighted by atomic mass is 9.90. The van der Waals surface area contributed by atoms with Gasteiger partial charge in [0.2, 0.25) is 5.78 Å². The fraction of sp³-hybridized carbons (Fsp3) is 0. The van der Waals surface area contributed by atoms with Crippen LogP contribution in [0.2, 0.25) is 0 Å². The molecule has 0 aliphatic heterocycles. The van der Waals surface area contributed by atoms with E-state index in [2.05, 4.69) is 0 Å². The highest BCUT2D eigenvalue weighted by Crippen LogP contribution is 2.28. The third-order valence-electron chi connectivity index (χ3n) is 3.23. The van der Waals surface area contributed by atoms with E-state index in [0.29, 0.717) is 11.1 Å². The highest BCUT2D eigenvalue weighted by Gasteiger charge is 2.22. The van der Waals surface area contributed by atoms with E-state index < -0.39 is 0 Å². The van der Waals surface area contributed by atoms with Gasteiger partial charge in [0.1, 0.15) is 0 Å². The largest absolute Gasteiger partial charge is 0.395 e. The number of hydrogen-bond acceptors (Lipinski definition) is 3. The van der Waals surface area contributed by atoms with Crippen molar-refractivity contribution in [3.63, 3.8) is 0 Å². The minimum Gasteiger partial charge on any atom is -0.395 e. The molecule has 3 rings (SSSR count). The minimum atomic E-state index is -0.317. The first-order valence-electron chi connectivity index (χ1n) is 5.93. The van der Waals surface area contributed by atoms with Gasteiger partial charge in [-0.2, -0.15) is 0 Å². The van der Waals surface area contributed by atoms with E-state index in [0.717, 1.165) is 10.8 Å². The van der Waals surface area contributed by atoms with Crippen molar-refractivity contribution in [2.45, 2.75) is 0 Å². The zero-order valence-corrected chi connectivity index (χ0v) is 10.1.